The van der Waals surface area contributed by atoms with Gasteiger partial charge in [-0.1, -0.05) is 60.7 Å². The molecule has 2 aromatic carbocycles. The number of hydrogen-bond acceptors (Lipinski definition) is 4. The van der Waals surface area contributed by atoms with Crippen LogP contribution in [0.4, 0.5) is 4.79 Å². The third kappa shape index (κ3) is 3.59. The van der Waals surface area contributed by atoms with Gasteiger partial charge in [0, 0.05) is 37.2 Å². The fraction of sp³-hybridized carbons (Fsp3) is 0.440. The largest absolute Gasteiger partial charge is 0.431 e. The number of nitrogens with zero attached hydrogens (tertiary/aromatic N) is 2. The quantitative estimate of drug-likeness (QED) is 0.828. The van der Waals surface area contributed by atoms with Crippen LogP contribution < -0.4 is 5.32 Å². The molecule has 3 saturated heterocycles. The van der Waals surface area contributed by atoms with Gasteiger partial charge in [0.25, 0.3) is 0 Å². The van der Waals surface area contributed by atoms with Gasteiger partial charge in [-0.3, -0.25) is 9.69 Å². The summed E-state index contributed by atoms with van der Waals surface area (Å²) in [5, 5.41) is 3.36. The van der Waals surface area contributed by atoms with E-state index in [4.69, 9.17) is 4.74 Å². The monoisotopic (exact) mass is 419 g/mol. The van der Waals surface area contributed by atoms with Crippen molar-refractivity contribution in [2.75, 3.05) is 32.7 Å². The van der Waals surface area contributed by atoms with Gasteiger partial charge in [0.1, 0.15) is 6.04 Å². The molecule has 2 aromatic rings. The summed E-state index contributed by atoms with van der Waals surface area (Å²) in [6, 6.07) is 19.6. The van der Waals surface area contributed by atoms with Gasteiger partial charge in [0.15, 0.2) is 5.60 Å². The van der Waals surface area contributed by atoms with E-state index >= 15 is 0 Å². The SMILES string of the molecule is O=C(CC1CCNCC1)N1CCN2C(=O)OC(c3ccccc3)(c3ccccc3)C2C1. The van der Waals surface area contributed by atoms with E-state index in [9.17, 15) is 9.59 Å². The van der Waals surface area contributed by atoms with Crippen LogP contribution in [0.5, 0.6) is 0 Å². The zero-order valence-electron chi connectivity index (χ0n) is 17.7. The van der Waals surface area contributed by atoms with Gasteiger partial charge >= 0.3 is 6.09 Å². The Morgan fingerprint density at radius 3 is 2.19 bits per heavy atom. The summed E-state index contributed by atoms with van der Waals surface area (Å²) in [4.78, 5) is 29.9. The molecule has 0 bridgehead atoms. The van der Waals surface area contributed by atoms with Gasteiger partial charge in [-0.15, -0.1) is 0 Å². The highest BCUT2D eigenvalue weighted by molar-refractivity contribution is 5.78. The van der Waals surface area contributed by atoms with Crippen molar-refractivity contribution < 1.29 is 14.3 Å². The molecule has 1 N–H and O–H groups in total. The number of cyclic esters (lactones) is 1. The molecule has 31 heavy (non-hydrogen) atoms. The lowest BCUT2D eigenvalue weighted by Crippen LogP contribution is -2.58. The van der Waals surface area contributed by atoms with Gasteiger partial charge < -0.3 is 15.0 Å². The molecule has 5 rings (SSSR count). The van der Waals surface area contributed by atoms with Crippen molar-refractivity contribution in [3.05, 3.63) is 71.8 Å². The number of piperidine rings is 1. The standard InChI is InChI=1S/C25H29N3O3/c29-23(17-19-11-13-26-14-12-19)27-15-16-28-22(18-27)25(31-24(28)30,20-7-3-1-4-8-20)21-9-5-2-6-10-21/h1-10,19,22,26H,11-18H2. The molecular weight excluding hydrogens is 390 g/mol. The molecule has 0 spiro atoms. The van der Waals surface area contributed by atoms with Crippen molar-refractivity contribution in [1.82, 2.24) is 15.1 Å². The highest BCUT2D eigenvalue weighted by Crippen LogP contribution is 2.45. The molecule has 3 aliphatic heterocycles. The molecule has 0 aromatic heterocycles. The first-order valence-corrected chi connectivity index (χ1v) is 11.3. The fourth-order valence-corrected chi connectivity index (χ4v) is 5.34. The van der Waals surface area contributed by atoms with Crippen LogP contribution in [0.3, 0.4) is 0 Å². The summed E-state index contributed by atoms with van der Waals surface area (Å²) in [5.41, 5.74) is 0.956. The Morgan fingerprint density at radius 2 is 1.58 bits per heavy atom. The molecule has 2 amide bonds. The second-order valence-electron chi connectivity index (χ2n) is 8.78. The van der Waals surface area contributed by atoms with E-state index in [-0.39, 0.29) is 18.0 Å². The van der Waals surface area contributed by atoms with Crippen molar-refractivity contribution in [1.29, 1.82) is 0 Å². The maximum absolute atomic E-state index is 13.2. The van der Waals surface area contributed by atoms with Crippen molar-refractivity contribution in [2.45, 2.75) is 30.9 Å². The number of fused-ring (bicyclic) bond motifs is 1. The minimum atomic E-state index is -0.923. The lowest BCUT2D eigenvalue weighted by Gasteiger charge is -2.42. The van der Waals surface area contributed by atoms with Crippen molar-refractivity contribution in [2.24, 2.45) is 5.92 Å². The number of hydrogen-bond donors (Lipinski definition) is 1. The van der Waals surface area contributed by atoms with E-state index in [2.05, 4.69) is 5.32 Å². The summed E-state index contributed by atoms with van der Waals surface area (Å²) in [5.74, 6) is 0.641. The van der Waals surface area contributed by atoms with Crippen LogP contribution in [0, 0.1) is 5.92 Å². The van der Waals surface area contributed by atoms with E-state index < -0.39 is 5.60 Å². The molecule has 1 atom stereocenters. The highest BCUT2D eigenvalue weighted by atomic mass is 16.6. The fourth-order valence-electron chi connectivity index (χ4n) is 5.34. The van der Waals surface area contributed by atoms with Gasteiger partial charge in [-0.2, -0.15) is 0 Å². The van der Waals surface area contributed by atoms with E-state index in [1.54, 1.807) is 0 Å². The number of ether oxygens (including phenoxy) is 1. The molecule has 0 radical (unpaired) electrons. The van der Waals surface area contributed by atoms with Crippen molar-refractivity contribution >= 4 is 12.0 Å². The summed E-state index contributed by atoms with van der Waals surface area (Å²) >= 11 is 0. The first kappa shape index (κ1) is 20.1. The Balaban J connectivity index is 1.47. The first-order chi connectivity index (χ1) is 15.2. The molecule has 3 aliphatic rings. The minimum absolute atomic E-state index is 0.195. The van der Waals surface area contributed by atoms with Crippen LogP contribution in [0.25, 0.3) is 0 Å². The summed E-state index contributed by atoms with van der Waals surface area (Å²) in [6.45, 7) is 3.53. The molecule has 162 valence electrons. The normalized spacial score (nSPS) is 23.4. The lowest BCUT2D eigenvalue weighted by molar-refractivity contribution is -0.135. The van der Waals surface area contributed by atoms with E-state index in [1.165, 1.54) is 0 Å². The Kier molecular flexibility index (Phi) is 5.40. The van der Waals surface area contributed by atoms with Crippen LogP contribution in [0.1, 0.15) is 30.4 Å². The Morgan fingerprint density at radius 1 is 0.968 bits per heavy atom. The predicted octanol–water partition coefficient (Wildman–Crippen LogP) is 2.98. The number of nitrogens with one attached hydrogen (secondary N) is 1. The number of piperazine rings is 1. The van der Waals surface area contributed by atoms with Gasteiger partial charge in [-0.25, -0.2) is 4.79 Å². The van der Waals surface area contributed by atoms with Gasteiger partial charge in [0.2, 0.25) is 5.91 Å². The van der Waals surface area contributed by atoms with E-state index in [1.807, 2.05) is 70.5 Å². The number of amides is 2. The molecule has 6 heteroatoms. The van der Waals surface area contributed by atoms with Crippen LogP contribution in [-0.2, 0) is 15.1 Å². The average molecular weight is 420 g/mol. The summed E-state index contributed by atoms with van der Waals surface area (Å²) < 4.78 is 6.19. The van der Waals surface area contributed by atoms with Crippen molar-refractivity contribution in [3.63, 3.8) is 0 Å². The Hall–Kier alpha value is -2.86. The van der Waals surface area contributed by atoms with Crippen LogP contribution in [0.2, 0.25) is 0 Å². The summed E-state index contributed by atoms with van der Waals surface area (Å²) in [6.07, 6.45) is 2.39. The third-order valence-electron chi connectivity index (χ3n) is 7.01. The Bertz CT molecular complexity index is 888. The smallest absolute Gasteiger partial charge is 0.411 e. The third-order valence-corrected chi connectivity index (χ3v) is 7.01. The van der Waals surface area contributed by atoms with E-state index in [0.29, 0.717) is 32.0 Å². The number of carbonyl (C=O) groups excluding carboxylic acids is 2. The second kappa shape index (κ2) is 8.35. The van der Waals surface area contributed by atoms with Crippen molar-refractivity contribution in [3.8, 4) is 0 Å². The predicted molar refractivity (Wildman–Crippen MR) is 117 cm³/mol. The number of benzene rings is 2. The van der Waals surface area contributed by atoms with E-state index in [0.717, 1.165) is 37.1 Å². The highest BCUT2D eigenvalue weighted by Gasteiger charge is 2.58. The number of rotatable bonds is 4. The molecule has 3 heterocycles. The van der Waals surface area contributed by atoms with Gasteiger partial charge in [0.05, 0.1) is 0 Å². The molecule has 1 unspecified atom stereocenters. The zero-order chi connectivity index (χ0) is 21.3. The average Bonchev–Trinajstić information content (AvgIpc) is 3.13. The molecule has 6 nitrogen and oxygen atoms in total. The topological polar surface area (TPSA) is 61.9 Å². The molecule has 0 aliphatic carbocycles. The minimum Gasteiger partial charge on any atom is -0.431 e. The summed E-state index contributed by atoms with van der Waals surface area (Å²) in [7, 11) is 0. The molecule has 0 saturated carbocycles. The number of carbonyl (C=O) groups is 2. The van der Waals surface area contributed by atoms with Gasteiger partial charge in [-0.05, 0) is 31.8 Å². The lowest BCUT2D eigenvalue weighted by atomic mass is 9.79. The maximum Gasteiger partial charge on any atom is 0.411 e. The van der Waals surface area contributed by atoms with Crippen LogP contribution >= 0.6 is 0 Å². The maximum atomic E-state index is 13.2. The first-order valence-electron chi connectivity index (χ1n) is 11.3. The van der Waals surface area contributed by atoms with Crippen LogP contribution in [0.15, 0.2) is 60.7 Å². The molecular formula is C25H29N3O3. The second-order valence-corrected chi connectivity index (χ2v) is 8.78. The molecule has 3 fully saturated rings. The van der Waals surface area contributed by atoms with Crippen LogP contribution in [-0.4, -0.2) is 60.6 Å². The Labute approximate surface area is 183 Å². The zero-order valence-corrected chi connectivity index (χ0v) is 17.7.